The van der Waals surface area contributed by atoms with E-state index >= 15 is 0 Å². The first-order chi connectivity index (χ1) is 7.03. The Morgan fingerprint density at radius 1 is 1.07 bits per heavy atom. The molecule has 0 heterocycles. The molecular formula is C14H22S. The summed E-state index contributed by atoms with van der Waals surface area (Å²) < 4.78 is 0.0511. The molecule has 0 atom stereocenters. The topological polar surface area (TPSA) is 0 Å². The highest BCUT2D eigenvalue weighted by atomic mass is 32.1. The molecule has 0 amide bonds. The van der Waals surface area contributed by atoms with E-state index in [1.807, 2.05) is 0 Å². The van der Waals surface area contributed by atoms with Crippen LogP contribution in [0.25, 0.3) is 0 Å². The fourth-order valence-corrected chi connectivity index (χ4v) is 1.99. The second-order valence-corrected chi connectivity index (χ2v) is 5.37. The molecule has 0 aliphatic heterocycles. The van der Waals surface area contributed by atoms with Crippen LogP contribution in [0.15, 0.2) is 24.3 Å². The van der Waals surface area contributed by atoms with Crippen LogP contribution in [-0.4, -0.2) is 0 Å². The minimum atomic E-state index is 0.0511. The lowest BCUT2D eigenvalue weighted by Crippen LogP contribution is -2.16. The molecule has 0 N–H and O–H groups in total. The summed E-state index contributed by atoms with van der Waals surface area (Å²) in [6.07, 6.45) is 2.15. The van der Waals surface area contributed by atoms with Crippen molar-refractivity contribution in [3.8, 4) is 0 Å². The first kappa shape index (κ1) is 12.6. The zero-order chi connectivity index (χ0) is 11.5. The largest absolute Gasteiger partial charge is 0.168 e. The molecule has 15 heavy (non-hydrogen) atoms. The molecule has 0 saturated heterocycles. The molecular weight excluding hydrogens is 200 g/mol. The highest BCUT2D eigenvalue weighted by molar-refractivity contribution is 7.81. The first-order valence-electron chi connectivity index (χ1n) is 5.86. The van der Waals surface area contributed by atoms with Crippen LogP contribution in [0.2, 0.25) is 0 Å². The van der Waals surface area contributed by atoms with Gasteiger partial charge in [0.25, 0.3) is 0 Å². The van der Waals surface area contributed by atoms with Crippen molar-refractivity contribution in [3.05, 3.63) is 35.4 Å². The highest BCUT2D eigenvalue weighted by Gasteiger charge is 2.23. The maximum absolute atomic E-state index is 4.79. The van der Waals surface area contributed by atoms with Crippen LogP contribution in [0.4, 0.5) is 0 Å². The predicted octanol–water partition coefficient (Wildman–Crippen LogP) is 4.76. The van der Waals surface area contributed by atoms with Crippen LogP contribution in [0, 0.1) is 0 Å². The monoisotopic (exact) mass is 222 g/mol. The van der Waals surface area contributed by atoms with Gasteiger partial charge in [0.15, 0.2) is 0 Å². The van der Waals surface area contributed by atoms with E-state index in [2.05, 4.69) is 52.0 Å². The Bertz CT molecular complexity index is 294. The van der Waals surface area contributed by atoms with E-state index in [9.17, 15) is 0 Å². The van der Waals surface area contributed by atoms with Gasteiger partial charge in [0.2, 0.25) is 0 Å². The summed E-state index contributed by atoms with van der Waals surface area (Å²) in [7, 11) is 0. The molecule has 0 unspecified atom stereocenters. The van der Waals surface area contributed by atoms with E-state index < -0.39 is 0 Å². The van der Waals surface area contributed by atoms with E-state index in [-0.39, 0.29) is 4.75 Å². The van der Waals surface area contributed by atoms with Gasteiger partial charge in [-0.2, -0.15) is 12.6 Å². The number of thiol groups is 1. The van der Waals surface area contributed by atoms with Crippen molar-refractivity contribution in [1.82, 2.24) is 0 Å². The fourth-order valence-electron chi connectivity index (χ4n) is 1.84. The quantitative estimate of drug-likeness (QED) is 0.698. The Kier molecular flexibility index (Phi) is 4.27. The van der Waals surface area contributed by atoms with Crippen molar-refractivity contribution in [3.63, 3.8) is 0 Å². The summed E-state index contributed by atoms with van der Waals surface area (Å²) in [6, 6.07) is 8.93. The summed E-state index contributed by atoms with van der Waals surface area (Å²) in [5, 5.41) is 0. The van der Waals surface area contributed by atoms with Gasteiger partial charge in [-0.05, 0) is 29.9 Å². The van der Waals surface area contributed by atoms with E-state index in [1.165, 1.54) is 11.1 Å². The molecule has 0 aromatic heterocycles. The normalized spacial score (nSPS) is 12.1. The van der Waals surface area contributed by atoms with Crippen molar-refractivity contribution >= 4 is 12.6 Å². The molecule has 0 fully saturated rings. The molecule has 0 saturated carbocycles. The van der Waals surface area contributed by atoms with Gasteiger partial charge in [0, 0.05) is 4.75 Å². The minimum Gasteiger partial charge on any atom is -0.168 e. The summed E-state index contributed by atoms with van der Waals surface area (Å²) >= 11 is 4.79. The smallest absolute Gasteiger partial charge is 0.0373 e. The Hall–Kier alpha value is -0.430. The molecule has 1 heteroatoms. The van der Waals surface area contributed by atoms with Gasteiger partial charge in [0.05, 0.1) is 0 Å². The molecule has 84 valence electrons. The van der Waals surface area contributed by atoms with E-state index in [0.717, 1.165) is 12.8 Å². The average Bonchev–Trinajstić information content (AvgIpc) is 2.28. The number of hydrogen-bond acceptors (Lipinski definition) is 1. The maximum atomic E-state index is 4.79. The Labute approximate surface area is 99.5 Å². The van der Waals surface area contributed by atoms with Crippen molar-refractivity contribution in [2.75, 3.05) is 0 Å². The Balaban J connectivity index is 2.97. The molecule has 0 spiro atoms. The standard InChI is InChI=1S/C14H22S/c1-5-14(15,6-2)13-9-7-12(8-10-13)11(3)4/h7-11,15H,5-6H2,1-4H3. The van der Waals surface area contributed by atoms with Crippen molar-refractivity contribution < 1.29 is 0 Å². The first-order valence-corrected chi connectivity index (χ1v) is 6.31. The molecule has 1 rings (SSSR count). The van der Waals surface area contributed by atoms with Gasteiger partial charge in [-0.25, -0.2) is 0 Å². The third-order valence-corrected chi connectivity index (χ3v) is 4.18. The average molecular weight is 222 g/mol. The van der Waals surface area contributed by atoms with Gasteiger partial charge in [-0.1, -0.05) is 52.0 Å². The van der Waals surface area contributed by atoms with Crippen LogP contribution < -0.4 is 0 Å². The van der Waals surface area contributed by atoms with Gasteiger partial charge in [-0.15, -0.1) is 0 Å². The summed E-state index contributed by atoms with van der Waals surface area (Å²) in [5.41, 5.74) is 2.75. The lowest BCUT2D eigenvalue weighted by atomic mass is 9.91. The van der Waals surface area contributed by atoms with E-state index in [1.54, 1.807) is 0 Å². The molecule has 1 aromatic carbocycles. The SMILES string of the molecule is CCC(S)(CC)c1ccc(C(C)C)cc1. The van der Waals surface area contributed by atoms with E-state index in [4.69, 9.17) is 12.6 Å². The van der Waals surface area contributed by atoms with Crippen LogP contribution in [-0.2, 0) is 4.75 Å². The summed E-state index contributed by atoms with van der Waals surface area (Å²) in [5.74, 6) is 0.608. The van der Waals surface area contributed by atoms with Gasteiger partial charge >= 0.3 is 0 Å². The van der Waals surface area contributed by atoms with Gasteiger partial charge in [-0.3, -0.25) is 0 Å². The molecule has 0 aliphatic carbocycles. The minimum absolute atomic E-state index is 0.0511. The second-order valence-electron chi connectivity index (χ2n) is 4.52. The van der Waals surface area contributed by atoms with Crippen molar-refractivity contribution in [1.29, 1.82) is 0 Å². The third-order valence-electron chi connectivity index (χ3n) is 3.28. The fraction of sp³-hybridized carbons (Fsp3) is 0.571. The highest BCUT2D eigenvalue weighted by Crippen LogP contribution is 2.35. The molecule has 1 aromatic rings. The molecule has 0 radical (unpaired) electrons. The molecule has 0 bridgehead atoms. The summed E-state index contributed by atoms with van der Waals surface area (Å²) in [6.45, 7) is 8.85. The van der Waals surface area contributed by atoms with E-state index in [0.29, 0.717) is 5.92 Å². The Morgan fingerprint density at radius 2 is 1.53 bits per heavy atom. The van der Waals surface area contributed by atoms with Crippen molar-refractivity contribution in [2.45, 2.75) is 51.2 Å². The lowest BCUT2D eigenvalue weighted by Gasteiger charge is -2.26. The summed E-state index contributed by atoms with van der Waals surface area (Å²) in [4.78, 5) is 0. The van der Waals surface area contributed by atoms with Crippen LogP contribution >= 0.6 is 12.6 Å². The van der Waals surface area contributed by atoms with Crippen LogP contribution in [0.3, 0.4) is 0 Å². The predicted molar refractivity (Wildman–Crippen MR) is 71.8 cm³/mol. The Morgan fingerprint density at radius 3 is 1.87 bits per heavy atom. The maximum Gasteiger partial charge on any atom is 0.0373 e. The second kappa shape index (κ2) is 5.07. The van der Waals surface area contributed by atoms with Crippen LogP contribution in [0.5, 0.6) is 0 Å². The number of hydrogen-bond donors (Lipinski definition) is 1. The van der Waals surface area contributed by atoms with Gasteiger partial charge in [0.1, 0.15) is 0 Å². The number of benzene rings is 1. The molecule has 0 aliphatic rings. The van der Waals surface area contributed by atoms with Crippen molar-refractivity contribution in [2.24, 2.45) is 0 Å². The zero-order valence-electron chi connectivity index (χ0n) is 10.2. The zero-order valence-corrected chi connectivity index (χ0v) is 11.1. The molecule has 0 nitrogen and oxygen atoms in total. The lowest BCUT2D eigenvalue weighted by molar-refractivity contribution is 0.584. The van der Waals surface area contributed by atoms with Crippen LogP contribution in [0.1, 0.15) is 57.6 Å². The third kappa shape index (κ3) is 2.78. The van der Waals surface area contributed by atoms with Gasteiger partial charge < -0.3 is 0 Å². The number of rotatable bonds is 4.